The lowest BCUT2D eigenvalue weighted by Gasteiger charge is -2.22. The quantitative estimate of drug-likeness (QED) is 0.283. The Labute approximate surface area is 225 Å². The zero-order valence-electron chi connectivity index (χ0n) is 19.8. The van der Waals surface area contributed by atoms with E-state index in [4.69, 9.17) is 65.4 Å². The van der Waals surface area contributed by atoms with Crippen LogP contribution >= 0.6 is 46.4 Å². The zero-order chi connectivity index (χ0) is 25.6. The molecule has 2 heterocycles. The Morgan fingerprint density at radius 2 is 1.97 bits per heavy atom. The molecule has 1 aliphatic heterocycles. The van der Waals surface area contributed by atoms with E-state index in [1.54, 1.807) is 28.9 Å². The predicted molar refractivity (Wildman–Crippen MR) is 138 cm³/mol. The standard InChI is InChI=1S/C23H29Cl4N3O5/c1-22(2,3)18-13-19(28-21(31)35-14-23(25,26)27)30(29-18)15-7-8-16(24)17(12-15)32-10-11-34-20-6-4-5-9-33-20/h7-8,12-13,20H,4-6,9-11,14H2,1-3H3,(H,28,31). The average Bonchev–Trinajstić information content (AvgIpc) is 3.21. The largest absolute Gasteiger partial charge is 0.490 e. The third-order valence-corrected chi connectivity index (χ3v) is 5.66. The summed E-state index contributed by atoms with van der Waals surface area (Å²) in [4.78, 5) is 12.3. The number of amides is 1. The topological polar surface area (TPSA) is 83.8 Å². The first-order chi connectivity index (χ1) is 16.4. The molecular formula is C23H29Cl4N3O5. The average molecular weight is 569 g/mol. The van der Waals surface area contributed by atoms with Gasteiger partial charge < -0.3 is 18.9 Å². The molecule has 0 saturated carbocycles. The molecular weight excluding hydrogens is 540 g/mol. The molecule has 1 aromatic carbocycles. The van der Waals surface area contributed by atoms with Crippen LogP contribution in [0.1, 0.15) is 45.7 Å². The zero-order valence-corrected chi connectivity index (χ0v) is 22.8. The van der Waals surface area contributed by atoms with Gasteiger partial charge in [0.25, 0.3) is 0 Å². The monoisotopic (exact) mass is 567 g/mol. The van der Waals surface area contributed by atoms with Crippen molar-refractivity contribution in [3.8, 4) is 11.4 Å². The Bertz CT molecular complexity index is 998. The van der Waals surface area contributed by atoms with E-state index >= 15 is 0 Å². The van der Waals surface area contributed by atoms with Gasteiger partial charge in [-0.25, -0.2) is 9.48 Å². The molecule has 3 rings (SSSR count). The molecule has 0 bridgehead atoms. The molecule has 1 amide bonds. The minimum atomic E-state index is -1.72. The minimum absolute atomic E-state index is 0.191. The van der Waals surface area contributed by atoms with Crippen LogP contribution in [0, 0.1) is 0 Å². The van der Waals surface area contributed by atoms with E-state index in [1.807, 2.05) is 20.8 Å². The number of ether oxygens (including phenoxy) is 4. The van der Waals surface area contributed by atoms with Crippen LogP contribution < -0.4 is 10.1 Å². The van der Waals surface area contributed by atoms with Crippen LogP contribution in [-0.2, 0) is 19.6 Å². The van der Waals surface area contributed by atoms with Gasteiger partial charge in [-0.3, -0.25) is 5.32 Å². The van der Waals surface area contributed by atoms with Gasteiger partial charge in [0.05, 0.1) is 23.0 Å². The fraction of sp³-hybridized carbons (Fsp3) is 0.565. The van der Waals surface area contributed by atoms with Crippen LogP contribution in [0.5, 0.6) is 5.75 Å². The lowest BCUT2D eigenvalue weighted by molar-refractivity contribution is -0.165. The van der Waals surface area contributed by atoms with Crippen LogP contribution in [0.15, 0.2) is 24.3 Å². The number of halogens is 4. The minimum Gasteiger partial charge on any atom is -0.490 e. The fourth-order valence-electron chi connectivity index (χ4n) is 3.23. The van der Waals surface area contributed by atoms with Gasteiger partial charge in [0, 0.05) is 24.2 Å². The van der Waals surface area contributed by atoms with E-state index in [9.17, 15) is 4.79 Å². The van der Waals surface area contributed by atoms with Crippen molar-refractivity contribution in [1.82, 2.24) is 9.78 Å². The first-order valence-corrected chi connectivity index (χ1v) is 12.7. The Kier molecular flexibility index (Phi) is 9.82. The number of hydrogen-bond donors (Lipinski definition) is 1. The number of anilines is 1. The summed E-state index contributed by atoms with van der Waals surface area (Å²) < 4.78 is 22.0. The summed E-state index contributed by atoms with van der Waals surface area (Å²) in [5.41, 5.74) is 1.08. The Morgan fingerprint density at radius 1 is 1.20 bits per heavy atom. The molecule has 2 aromatic rings. The second kappa shape index (κ2) is 12.2. The third-order valence-electron chi connectivity index (χ3n) is 5.02. The summed E-state index contributed by atoms with van der Waals surface area (Å²) >= 11 is 23.3. The highest BCUT2D eigenvalue weighted by Gasteiger charge is 2.25. The smallest absolute Gasteiger partial charge is 0.412 e. The molecule has 0 spiro atoms. The van der Waals surface area contributed by atoms with E-state index in [-0.39, 0.29) is 11.7 Å². The number of aromatic nitrogens is 2. The highest BCUT2D eigenvalue weighted by Crippen LogP contribution is 2.31. The number of benzene rings is 1. The lowest BCUT2D eigenvalue weighted by Crippen LogP contribution is -2.24. The van der Waals surface area contributed by atoms with E-state index < -0.39 is 16.5 Å². The molecule has 8 nitrogen and oxygen atoms in total. The number of alkyl halides is 3. The molecule has 12 heteroatoms. The van der Waals surface area contributed by atoms with E-state index in [1.165, 1.54) is 0 Å². The maximum atomic E-state index is 12.3. The first-order valence-electron chi connectivity index (χ1n) is 11.2. The molecule has 1 aliphatic rings. The van der Waals surface area contributed by atoms with Crippen molar-refractivity contribution in [2.45, 2.75) is 55.5 Å². The van der Waals surface area contributed by atoms with Crippen molar-refractivity contribution >= 4 is 58.3 Å². The van der Waals surface area contributed by atoms with Crippen molar-refractivity contribution in [3.63, 3.8) is 0 Å². The normalized spacial score (nSPS) is 16.7. The van der Waals surface area contributed by atoms with Crippen LogP contribution in [-0.4, -0.2) is 52.4 Å². The predicted octanol–water partition coefficient (Wildman–Crippen LogP) is 6.66. The highest BCUT2D eigenvalue weighted by atomic mass is 35.6. The second-order valence-electron chi connectivity index (χ2n) is 9.02. The number of nitrogens with zero attached hydrogens (tertiary/aromatic N) is 2. The van der Waals surface area contributed by atoms with Crippen molar-refractivity contribution in [2.75, 3.05) is 31.7 Å². The van der Waals surface area contributed by atoms with Gasteiger partial charge in [-0.05, 0) is 31.4 Å². The summed E-state index contributed by atoms with van der Waals surface area (Å²) in [6.07, 6.45) is 2.05. The molecule has 0 aliphatic carbocycles. The maximum Gasteiger partial charge on any atom is 0.412 e. The molecule has 1 aromatic heterocycles. The molecule has 1 fully saturated rings. The molecule has 1 unspecified atom stereocenters. The van der Waals surface area contributed by atoms with E-state index in [0.717, 1.165) is 25.0 Å². The van der Waals surface area contributed by atoms with Gasteiger partial charge in [0.1, 0.15) is 24.8 Å². The van der Waals surface area contributed by atoms with Crippen LogP contribution in [0.25, 0.3) is 5.69 Å². The molecule has 194 valence electrons. The number of carbonyl (C=O) groups excluding carboxylic acids is 1. The first kappa shape index (κ1) is 28.2. The van der Waals surface area contributed by atoms with Crippen molar-refractivity contribution < 1.29 is 23.7 Å². The van der Waals surface area contributed by atoms with Crippen molar-refractivity contribution in [1.29, 1.82) is 0 Å². The third kappa shape index (κ3) is 8.88. The summed E-state index contributed by atoms with van der Waals surface area (Å²) in [5.74, 6) is 0.824. The Balaban J connectivity index is 1.74. The van der Waals surface area contributed by atoms with E-state index in [0.29, 0.717) is 42.1 Å². The lowest BCUT2D eigenvalue weighted by atomic mass is 9.92. The van der Waals surface area contributed by atoms with Gasteiger partial charge in [-0.15, -0.1) is 0 Å². The van der Waals surface area contributed by atoms with Crippen LogP contribution in [0.3, 0.4) is 0 Å². The SMILES string of the molecule is CC(C)(C)c1cc(NC(=O)OCC(Cl)(Cl)Cl)n(-c2ccc(Cl)c(OCCOC3CCCCO3)c2)n1. The number of rotatable bonds is 8. The Hall–Kier alpha value is -1.42. The van der Waals surface area contributed by atoms with Gasteiger partial charge in [0.15, 0.2) is 6.29 Å². The highest BCUT2D eigenvalue weighted by molar-refractivity contribution is 6.67. The molecule has 35 heavy (non-hydrogen) atoms. The maximum absolute atomic E-state index is 12.3. The van der Waals surface area contributed by atoms with Gasteiger partial charge in [-0.2, -0.15) is 5.10 Å². The van der Waals surface area contributed by atoms with Crippen molar-refractivity contribution in [3.05, 3.63) is 35.0 Å². The fourth-order valence-corrected chi connectivity index (χ4v) is 3.57. The van der Waals surface area contributed by atoms with Crippen molar-refractivity contribution in [2.24, 2.45) is 0 Å². The van der Waals surface area contributed by atoms with Gasteiger partial charge in [-0.1, -0.05) is 67.2 Å². The molecule has 1 N–H and O–H groups in total. The summed E-state index contributed by atoms with van der Waals surface area (Å²) in [5, 5.41) is 7.76. The number of nitrogens with one attached hydrogen (secondary N) is 1. The molecule has 1 atom stereocenters. The molecule has 0 radical (unpaired) electrons. The van der Waals surface area contributed by atoms with Crippen LogP contribution in [0.4, 0.5) is 10.6 Å². The number of hydrogen-bond acceptors (Lipinski definition) is 6. The molecule has 1 saturated heterocycles. The van der Waals surface area contributed by atoms with E-state index in [2.05, 4.69) is 10.4 Å². The Morgan fingerprint density at radius 3 is 2.63 bits per heavy atom. The van der Waals surface area contributed by atoms with Gasteiger partial charge in [0.2, 0.25) is 3.79 Å². The summed E-state index contributed by atoms with van der Waals surface area (Å²) in [7, 11) is 0. The number of carbonyl (C=O) groups is 1. The van der Waals surface area contributed by atoms with Crippen LogP contribution in [0.2, 0.25) is 5.02 Å². The second-order valence-corrected chi connectivity index (χ2v) is 11.9. The summed E-state index contributed by atoms with van der Waals surface area (Å²) in [6, 6.07) is 6.94. The van der Waals surface area contributed by atoms with Gasteiger partial charge >= 0.3 is 6.09 Å². The summed E-state index contributed by atoms with van der Waals surface area (Å²) in [6.45, 7) is 7.00.